The maximum atomic E-state index is 12.9. The van der Waals surface area contributed by atoms with Gasteiger partial charge in [-0.3, -0.25) is 14.5 Å². The lowest BCUT2D eigenvalue weighted by Crippen LogP contribution is -2.67. The van der Waals surface area contributed by atoms with E-state index < -0.39 is 6.04 Å². The number of carbonyl (C=O) groups is 1. The van der Waals surface area contributed by atoms with Crippen LogP contribution >= 0.6 is 23.6 Å². The molecule has 2 fully saturated rings. The van der Waals surface area contributed by atoms with Gasteiger partial charge in [-0.15, -0.1) is 11.3 Å². The van der Waals surface area contributed by atoms with E-state index >= 15 is 0 Å². The zero-order valence-corrected chi connectivity index (χ0v) is 16.1. The summed E-state index contributed by atoms with van der Waals surface area (Å²) in [7, 11) is 0. The molecule has 2 aliphatic rings. The number of aromatic amines is 1. The van der Waals surface area contributed by atoms with Gasteiger partial charge in [0.05, 0.1) is 11.0 Å². The van der Waals surface area contributed by atoms with Crippen LogP contribution in [0.25, 0.3) is 10.7 Å². The Morgan fingerprint density at radius 1 is 1.60 bits per heavy atom. The number of H-pyrrole nitrogens is 1. The van der Waals surface area contributed by atoms with Crippen LogP contribution in [-0.4, -0.2) is 39.4 Å². The summed E-state index contributed by atoms with van der Waals surface area (Å²) in [6.07, 6.45) is 1.27. The number of hydrogen-bond acceptors (Lipinski definition) is 5. The van der Waals surface area contributed by atoms with E-state index in [1.54, 1.807) is 15.9 Å². The van der Waals surface area contributed by atoms with Crippen molar-refractivity contribution in [2.75, 3.05) is 6.61 Å². The molecule has 2 aromatic rings. The number of nitrogens with zero attached hydrogens (tertiary/aromatic N) is 2. The molecule has 0 aromatic carbocycles. The molecule has 0 spiro atoms. The van der Waals surface area contributed by atoms with Gasteiger partial charge in [0.2, 0.25) is 5.91 Å². The summed E-state index contributed by atoms with van der Waals surface area (Å²) in [6, 6.07) is 3.65. The second kappa shape index (κ2) is 6.03. The highest BCUT2D eigenvalue weighted by atomic mass is 32.1. The van der Waals surface area contributed by atoms with Crippen molar-refractivity contribution in [1.29, 1.82) is 0 Å². The molecule has 0 unspecified atom stereocenters. The first kappa shape index (κ1) is 16.9. The SMILES string of the molecule is C[C@H](C(=O)N[C@@H]1[C@H]2CCO[C@H]2C1(C)C)n1c(-c2cccs2)n[nH]c1=S. The van der Waals surface area contributed by atoms with E-state index in [0.717, 1.165) is 17.9 Å². The van der Waals surface area contributed by atoms with Crippen molar-refractivity contribution in [3.05, 3.63) is 22.3 Å². The van der Waals surface area contributed by atoms with Crippen LogP contribution in [0, 0.1) is 16.1 Å². The average Bonchev–Trinajstić information content (AvgIpc) is 3.30. The second-order valence-corrected chi connectivity index (χ2v) is 8.76. The van der Waals surface area contributed by atoms with Gasteiger partial charge in [0, 0.05) is 24.0 Å². The van der Waals surface area contributed by atoms with Gasteiger partial charge >= 0.3 is 0 Å². The lowest BCUT2D eigenvalue weighted by atomic mass is 9.57. The zero-order valence-electron chi connectivity index (χ0n) is 14.5. The summed E-state index contributed by atoms with van der Waals surface area (Å²) in [6.45, 7) is 6.98. The molecule has 1 amide bonds. The lowest BCUT2D eigenvalue weighted by Gasteiger charge is -2.54. The van der Waals surface area contributed by atoms with Gasteiger partial charge in [-0.25, -0.2) is 0 Å². The van der Waals surface area contributed by atoms with E-state index in [9.17, 15) is 4.79 Å². The Labute approximate surface area is 155 Å². The molecule has 0 bridgehead atoms. The molecule has 4 rings (SSSR count). The molecular weight excluding hydrogens is 356 g/mol. The van der Waals surface area contributed by atoms with Crippen molar-refractivity contribution in [3.8, 4) is 10.7 Å². The molecule has 1 saturated heterocycles. The molecule has 1 saturated carbocycles. The van der Waals surface area contributed by atoms with Crippen LogP contribution < -0.4 is 5.32 Å². The smallest absolute Gasteiger partial charge is 0.243 e. The first-order valence-corrected chi connectivity index (χ1v) is 9.83. The van der Waals surface area contributed by atoms with Crippen molar-refractivity contribution in [3.63, 3.8) is 0 Å². The minimum Gasteiger partial charge on any atom is -0.377 e. The summed E-state index contributed by atoms with van der Waals surface area (Å²) in [4.78, 5) is 13.9. The third-order valence-corrected chi connectivity index (χ3v) is 6.76. The molecule has 0 radical (unpaired) electrons. The highest BCUT2D eigenvalue weighted by molar-refractivity contribution is 7.71. The maximum absolute atomic E-state index is 12.9. The van der Waals surface area contributed by atoms with Crippen LogP contribution in [0.2, 0.25) is 0 Å². The Morgan fingerprint density at radius 2 is 2.40 bits per heavy atom. The Hall–Kier alpha value is -1.51. The quantitative estimate of drug-likeness (QED) is 0.802. The van der Waals surface area contributed by atoms with Gasteiger partial charge in [0.1, 0.15) is 6.04 Å². The van der Waals surface area contributed by atoms with Crippen molar-refractivity contribution >= 4 is 29.5 Å². The first-order chi connectivity index (χ1) is 11.9. The molecule has 1 aliphatic carbocycles. The molecule has 4 atom stereocenters. The van der Waals surface area contributed by atoms with Crippen LogP contribution in [0.15, 0.2) is 17.5 Å². The van der Waals surface area contributed by atoms with Crippen LogP contribution in [-0.2, 0) is 9.53 Å². The van der Waals surface area contributed by atoms with Gasteiger partial charge in [-0.05, 0) is 37.0 Å². The lowest BCUT2D eigenvalue weighted by molar-refractivity contribution is -0.140. The second-order valence-electron chi connectivity index (χ2n) is 7.43. The van der Waals surface area contributed by atoms with E-state index in [1.165, 1.54) is 0 Å². The highest BCUT2D eigenvalue weighted by Crippen LogP contribution is 2.52. The molecule has 3 heterocycles. The van der Waals surface area contributed by atoms with Gasteiger partial charge in [0.15, 0.2) is 10.6 Å². The van der Waals surface area contributed by atoms with Crippen LogP contribution in [0.4, 0.5) is 0 Å². The molecule has 1 aliphatic heterocycles. The normalized spacial score (nSPS) is 28.2. The van der Waals surface area contributed by atoms with E-state index in [2.05, 4.69) is 29.4 Å². The minimum atomic E-state index is -0.430. The van der Waals surface area contributed by atoms with Gasteiger partial charge in [-0.1, -0.05) is 19.9 Å². The minimum absolute atomic E-state index is 0.0290. The third-order valence-electron chi connectivity index (χ3n) is 5.61. The predicted molar refractivity (Wildman–Crippen MR) is 99.0 cm³/mol. The Kier molecular flexibility index (Phi) is 4.09. The molecule has 8 heteroatoms. The van der Waals surface area contributed by atoms with Crippen LogP contribution in [0.3, 0.4) is 0 Å². The first-order valence-electron chi connectivity index (χ1n) is 8.54. The zero-order chi connectivity index (χ0) is 17.8. The van der Waals surface area contributed by atoms with Gasteiger partial charge in [-0.2, -0.15) is 5.10 Å². The number of ether oxygens (including phenoxy) is 1. The van der Waals surface area contributed by atoms with E-state index in [4.69, 9.17) is 17.0 Å². The van der Waals surface area contributed by atoms with Crippen molar-refractivity contribution in [1.82, 2.24) is 20.1 Å². The summed E-state index contributed by atoms with van der Waals surface area (Å²) < 4.78 is 8.07. The van der Waals surface area contributed by atoms with Crippen LogP contribution in [0.1, 0.15) is 33.2 Å². The molecular formula is C17H22N4O2S2. The molecule has 2 N–H and O–H groups in total. The van der Waals surface area contributed by atoms with E-state index in [1.807, 2.05) is 24.4 Å². The number of carbonyl (C=O) groups excluding carboxylic acids is 1. The summed E-state index contributed by atoms with van der Waals surface area (Å²) >= 11 is 6.94. The Morgan fingerprint density at radius 3 is 3.12 bits per heavy atom. The number of thiophene rings is 1. The monoisotopic (exact) mass is 378 g/mol. The fraction of sp³-hybridized carbons (Fsp3) is 0.588. The summed E-state index contributed by atoms with van der Waals surface area (Å²) in [5.74, 6) is 1.09. The van der Waals surface area contributed by atoms with Crippen molar-refractivity contribution < 1.29 is 9.53 Å². The topological polar surface area (TPSA) is 71.9 Å². The molecule has 25 heavy (non-hydrogen) atoms. The Bertz CT molecular complexity index is 839. The van der Waals surface area contributed by atoms with Crippen molar-refractivity contribution in [2.24, 2.45) is 11.3 Å². The number of rotatable bonds is 4. The fourth-order valence-corrected chi connectivity index (χ4v) is 5.25. The molecule has 2 aromatic heterocycles. The highest BCUT2D eigenvalue weighted by Gasteiger charge is 2.59. The third kappa shape index (κ3) is 2.58. The predicted octanol–water partition coefficient (Wildman–Crippen LogP) is 3.16. The van der Waals surface area contributed by atoms with Crippen LogP contribution in [0.5, 0.6) is 0 Å². The maximum Gasteiger partial charge on any atom is 0.243 e. The summed E-state index contributed by atoms with van der Waals surface area (Å²) in [5.41, 5.74) is -0.0367. The van der Waals surface area contributed by atoms with Gasteiger partial charge in [0.25, 0.3) is 0 Å². The van der Waals surface area contributed by atoms with Gasteiger partial charge < -0.3 is 10.1 Å². The van der Waals surface area contributed by atoms with E-state index in [0.29, 0.717) is 16.5 Å². The number of nitrogens with one attached hydrogen (secondary N) is 2. The Balaban J connectivity index is 1.56. The fourth-order valence-electron chi connectivity index (χ4n) is 4.25. The molecule has 6 nitrogen and oxygen atoms in total. The standard InChI is InChI=1S/C17H22N4O2S2/c1-9(21-14(19-20-16(21)24)11-5-4-8-25-11)15(22)18-12-10-6-7-23-13(10)17(12,2)3/h4-5,8-10,12-13H,6-7H2,1-3H3,(H,18,22)(H,20,24)/t9-,10-,12-,13-/m1/s1. The average molecular weight is 379 g/mol. The number of fused-ring (bicyclic) bond motifs is 1. The summed E-state index contributed by atoms with van der Waals surface area (Å²) in [5, 5.41) is 12.4. The molecule has 134 valence electrons. The number of amides is 1. The number of aromatic nitrogens is 3. The number of hydrogen-bond donors (Lipinski definition) is 2. The largest absolute Gasteiger partial charge is 0.377 e. The van der Waals surface area contributed by atoms with Crippen molar-refractivity contribution in [2.45, 2.75) is 45.4 Å². The van der Waals surface area contributed by atoms with E-state index in [-0.39, 0.29) is 23.5 Å².